The molecule has 1 aromatic heterocycles. The minimum atomic E-state index is -0.176. The second-order valence-electron chi connectivity index (χ2n) is 3.62. The van der Waals surface area contributed by atoms with Gasteiger partial charge in [-0.3, -0.25) is 9.89 Å². The zero-order chi connectivity index (χ0) is 12.3. The lowest BCUT2D eigenvalue weighted by atomic mass is 10.2. The Morgan fingerprint density at radius 1 is 1.41 bits per heavy atom. The van der Waals surface area contributed by atoms with Crippen LogP contribution in [0.4, 0.5) is 0 Å². The largest absolute Gasteiger partial charge is 0.335 e. The molecular weight excluding hydrogens is 284 g/mol. The smallest absolute Gasteiger partial charge is 0.291 e. The van der Waals surface area contributed by atoms with Gasteiger partial charge in [0.2, 0.25) is 5.82 Å². The van der Waals surface area contributed by atoms with Gasteiger partial charge in [-0.25, -0.2) is 4.98 Å². The molecule has 0 aliphatic heterocycles. The zero-order valence-corrected chi connectivity index (χ0v) is 10.8. The second-order valence-corrected chi connectivity index (χ2v) is 4.54. The fourth-order valence-corrected chi connectivity index (χ4v) is 1.69. The van der Waals surface area contributed by atoms with Gasteiger partial charge >= 0.3 is 0 Å². The Morgan fingerprint density at radius 3 is 2.71 bits per heavy atom. The van der Waals surface area contributed by atoms with Gasteiger partial charge in [-0.05, 0) is 17.7 Å². The van der Waals surface area contributed by atoms with Crippen molar-refractivity contribution < 1.29 is 4.79 Å². The fraction of sp³-hybridized carbons (Fsp3) is 0.182. The van der Waals surface area contributed by atoms with Crippen molar-refractivity contribution in [3.05, 3.63) is 46.5 Å². The van der Waals surface area contributed by atoms with Crippen LogP contribution in [-0.2, 0) is 6.54 Å². The SMILES string of the molecule is CN(Cc1ccc(Br)cc1)C(=O)c1ncn[nH]1. The molecule has 1 aromatic carbocycles. The minimum absolute atomic E-state index is 0.176. The number of amides is 1. The monoisotopic (exact) mass is 294 g/mol. The Hall–Kier alpha value is -1.69. The number of nitrogens with zero attached hydrogens (tertiary/aromatic N) is 3. The van der Waals surface area contributed by atoms with Crippen molar-refractivity contribution in [1.29, 1.82) is 0 Å². The fourth-order valence-electron chi connectivity index (χ4n) is 1.42. The summed E-state index contributed by atoms with van der Waals surface area (Å²) in [6.07, 6.45) is 1.32. The van der Waals surface area contributed by atoms with Gasteiger partial charge in [-0.15, -0.1) is 0 Å². The van der Waals surface area contributed by atoms with Crippen LogP contribution < -0.4 is 0 Å². The summed E-state index contributed by atoms with van der Waals surface area (Å²) in [6.45, 7) is 0.535. The van der Waals surface area contributed by atoms with E-state index in [9.17, 15) is 4.79 Å². The second kappa shape index (κ2) is 5.09. The molecule has 88 valence electrons. The first-order valence-electron chi connectivity index (χ1n) is 5.02. The lowest BCUT2D eigenvalue weighted by Gasteiger charge is -2.15. The number of benzene rings is 1. The molecule has 0 spiro atoms. The standard InChI is InChI=1S/C11H11BrN4O/c1-16(11(17)10-13-7-14-15-10)6-8-2-4-9(12)5-3-8/h2-5,7H,6H2,1H3,(H,13,14,15). The predicted molar refractivity (Wildman–Crippen MR) is 66.3 cm³/mol. The highest BCUT2D eigenvalue weighted by atomic mass is 79.9. The van der Waals surface area contributed by atoms with Crippen LogP contribution >= 0.6 is 15.9 Å². The summed E-state index contributed by atoms with van der Waals surface area (Å²) < 4.78 is 1.02. The first-order chi connectivity index (χ1) is 8.16. The van der Waals surface area contributed by atoms with E-state index in [1.807, 2.05) is 24.3 Å². The number of nitrogens with one attached hydrogen (secondary N) is 1. The molecule has 0 fully saturated rings. The molecule has 1 N–H and O–H groups in total. The van der Waals surface area contributed by atoms with Gasteiger partial charge in [0, 0.05) is 18.1 Å². The highest BCUT2D eigenvalue weighted by Gasteiger charge is 2.14. The third-order valence-corrected chi connectivity index (χ3v) is 2.83. The van der Waals surface area contributed by atoms with Crippen molar-refractivity contribution in [2.24, 2.45) is 0 Å². The summed E-state index contributed by atoms with van der Waals surface area (Å²) in [5.41, 5.74) is 1.06. The van der Waals surface area contributed by atoms with Crippen molar-refractivity contribution in [2.75, 3.05) is 7.05 Å². The Labute approximate surface area is 107 Å². The number of hydrogen-bond donors (Lipinski definition) is 1. The van der Waals surface area contributed by atoms with Crippen LogP contribution in [0.15, 0.2) is 35.1 Å². The Kier molecular flexibility index (Phi) is 3.53. The predicted octanol–water partition coefficient (Wildman–Crippen LogP) is 1.84. The topological polar surface area (TPSA) is 61.9 Å². The normalized spacial score (nSPS) is 10.2. The van der Waals surface area contributed by atoms with Gasteiger partial charge in [-0.2, -0.15) is 5.10 Å². The molecule has 0 aliphatic carbocycles. The van der Waals surface area contributed by atoms with Crippen LogP contribution in [0.25, 0.3) is 0 Å². The molecule has 2 aromatic rings. The number of rotatable bonds is 3. The molecule has 0 atom stereocenters. The van der Waals surface area contributed by atoms with Crippen LogP contribution in [0.5, 0.6) is 0 Å². The molecule has 0 saturated carbocycles. The van der Waals surface area contributed by atoms with E-state index in [-0.39, 0.29) is 11.7 Å². The molecule has 0 unspecified atom stereocenters. The number of carbonyl (C=O) groups excluding carboxylic acids is 1. The number of aromatic amines is 1. The zero-order valence-electron chi connectivity index (χ0n) is 9.22. The van der Waals surface area contributed by atoms with E-state index in [4.69, 9.17) is 0 Å². The molecule has 6 heteroatoms. The van der Waals surface area contributed by atoms with Gasteiger partial charge in [0.25, 0.3) is 5.91 Å². The highest BCUT2D eigenvalue weighted by molar-refractivity contribution is 9.10. The maximum atomic E-state index is 11.9. The minimum Gasteiger partial charge on any atom is -0.335 e. The van der Waals surface area contributed by atoms with E-state index in [0.717, 1.165) is 10.0 Å². The summed E-state index contributed by atoms with van der Waals surface area (Å²) in [7, 11) is 1.73. The molecule has 17 heavy (non-hydrogen) atoms. The third kappa shape index (κ3) is 2.91. The van der Waals surface area contributed by atoms with Crippen LogP contribution in [-0.4, -0.2) is 33.0 Å². The lowest BCUT2D eigenvalue weighted by molar-refractivity contribution is 0.0773. The molecule has 1 amide bonds. The Morgan fingerprint density at radius 2 is 2.12 bits per heavy atom. The molecule has 0 bridgehead atoms. The van der Waals surface area contributed by atoms with Gasteiger partial charge in [-0.1, -0.05) is 28.1 Å². The first kappa shape index (κ1) is 11.8. The van der Waals surface area contributed by atoms with Crippen molar-refractivity contribution in [3.63, 3.8) is 0 Å². The molecular formula is C11H11BrN4O. The first-order valence-corrected chi connectivity index (χ1v) is 5.81. The van der Waals surface area contributed by atoms with E-state index < -0.39 is 0 Å². The molecule has 0 radical (unpaired) electrons. The van der Waals surface area contributed by atoms with Gasteiger partial charge < -0.3 is 4.90 Å². The molecule has 5 nitrogen and oxygen atoms in total. The summed E-state index contributed by atoms with van der Waals surface area (Å²) in [5.74, 6) is 0.0787. The van der Waals surface area contributed by atoms with Crippen LogP contribution in [0, 0.1) is 0 Å². The maximum absolute atomic E-state index is 11.9. The molecule has 2 rings (SSSR count). The quantitative estimate of drug-likeness (QED) is 0.940. The third-order valence-electron chi connectivity index (χ3n) is 2.30. The number of H-pyrrole nitrogens is 1. The van der Waals surface area contributed by atoms with Gasteiger partial charge in [0.05, 0.1) is 0 Å². The van der Waals surface area contributed by atoms with Crippen LogP contribution in [0.2, 0.25) is 0 Å². The van der Waals surface area contributed by atoms with E-state index in [1.165, 1.54) is 6.33 Å². The number of aromatic nitrogens is 3. The van der Waals surface area contributed by atoms with E-state index in [2.05, 4.69) is 31.1 Å². The highest BCUT2D eigenvalue weighted by Crippen LogP contribution is 2.12. The lowest BCUT2D eigenvalue weighted by Crippen LogP contribution is -2.27. The number of carbonyl (C=O) groups is 1. The van der Waals surface area contributed by atoms with Crippen molar-refractivity contribution >= 4 is 21.8 Å². The Balaban J connectivity index is 2.04. The Bertz CT molecular complexity index is 495. The summed E-state index contributed by atoms with van der Waals surface area (Å²) in [4.78, 5) is 17.3. The molecule has 1 heterocycles. The van der Waals surface area contributed by atoms with Crippen molar-refractivity contribution in [2.45, 2.75) is 6.54 Å². The van der Waals surface area contributed by atoms with Gasteiger partial charge in [0.1, 0.15) is 6.33 Å². The number of halogens is 1. The summed E-state index contributed by atoms with van der Waals surface area (Å²) in [6, 6.07) is 7.83. The average molecular weight is 295 g/mol. The molecule has 0 aliphatic rings. The van der Waals surface area contributed by atoms with Crippen molar-refractivity contribution in [1.82, 2.24) is 20.1 Å². The van der Waals surface area contributed by atoms with Gasteiger partial charge in [0.15, 0.2) is 0 Å². The van der Waals surface area contributed by atoms with Crippen molar-refractivity contribution in [3.8, 4) is 0 Å². The van der Waals surface area contributed by atoms with E-state index in [1.54, 1.807) is 11.9 Å². The number of hydrogen-bond acceptors (Lipinski definition) is 3. The van der Waals surface area contributed by atoms with E-state index in [0.29, 0.717) is 6.54 Å². The summed E-state index contributed by atoms with van der Waals surface area (Å²) in [5, 5.41) is 6.21. The maximum Gasteiger partial charge on any atom is 0.291 e. The summed E-state index contributed by atoms with van der Waals surface area (Å²) >= 11 is 3.37. The van der Waals surface area contributed by atoms with Crippen LogP contribution in [0.1, 0.15) is 16.2 Å². The van der Waals surface area contributed by atoms with E-state index >= 15 is 0 Å². The molecule has 0 saturated heterocycles. The van der Waals surface area contributed by atoms with Crippen LogP contribution in [0.3, 0.4) is 0 Å². The average Bonchev–Trinajstić information content (AvgIpc) is 2.84.